The number of amides is 2. The van der Waals surface area contributed by atoms with Crippen LogP contribution >= 0.6 is 0 Å². The molecule has 178 valence electrons. The van der Waals surface area contributed by atoms with Gasteiger partial charge in [0, 0.05) is 32.5 Å². The number of nitrogens with zero attached hydrogens (tertiary/aromatic N) is 2. The molecule has 3 aliphatic rings. The maximum Gasteiger partial charge on any atom is 0.262 e. The first-order valence-corrected chi connectivity index (χ1v) is 12.3. The van der Waals surface area contributed by atoms with Crippen molar-refractivity contribution >= 4 is 17.6 Å². The van der Waals surface area contributed by atoms with Crippen LogP contribution in [0.3, 0.4) is 0 Å². The summed E-state index contributed by atoms with van der Waals surface area (Å²) >= 11 is 0. The fourth-order valence-electron chi connectivity index (χ4n) is 5.75. The number of Topliss-reactive ketones (excluding diaryl/α,β-unsaturated/α-hetero) is 1. The number of benzene rings is 1. The average molecular weight is 453 g/mol. The molecule has 2 heterocycles. The predicted octanol–water partition coefficient (Wildman–Crippen LogP) is 4.49. The van der Waals surface area contributed by atoms with E-state index in [1.807, 2.05) is 6.92 Å². The second-order valence-electron chi connectivity index (χ2n) is 10.2. The zero-order valence-corrected chi connectivity index (χ0v) is 20.2. The Kier molecular flexibility index (Phi) is 6.76. The molecule has 2 fully saturated rings. The van der Waals surface area contributed by atoms with Crippen LogP contribution in [0.15, 0.2) is 30.4 Å². The number of carbonyl (C=O) groups is 3. The Labute approximate surface area is 197 Å². The molecular weight excluding hydrogens is 416 g/mol. The Hall–Kier alpha value is -2.47. The standard InChI is InChI=1S/C27H36N2O4/c1-5-19-14-27(15-19)16-28(17-27)11-12-33-21-8-9-22-23(13-21)26(32)29(25(22)31)24(18(3)4)10-7-20(30)6-2/h8-9,13,19,24H,3,5-7,10-12,14-17H2,1-2,4H3. The number of imide groups is 1. The van der Waals surface area contributed by atoms with E-state index >= 15 is 0 Å². The minimum absolute atomic E-state index is 0.115. The molecule has 1 spiro atoms. The van der Waals surface area contributed by atoms with E-state index in [2.05, 4.69) is 18.4 Å². The lowest BCUT2D eigenvalue weighted by atomic mass is 9.57. The van der Waals surface area contributed by atoms with Crippen LogP contribution in [0.25, 0.3) is 0 Å². The van der Waals surface area contributed by atoms with Gasteiger partial charge in [0.15, 0.2) is 0 Å². The smallest absolute Gasteiger partial charge is 0.262 e. The van der Waals surface area contributed by atoms with Gasteiger partial charge in [-0.2, -0.15) is 0 Å². The normalized spacial score (nSPS) is 20.4. The molecule has 0 radical (unpaired) electrons. The lowest BCUT2D eigenvalue weighted by Gasteiger charge is -2.59. The lowest BCUT2D eigenvalue weighted by Crippen LogP contribution is -2.62. The van der Waals surface area contributed by atoms with E-state index in [9.17, 15) is 14.4 Å². The van der Waals surface area contributed by atoms with E-state index in [4.69, 9.17) is 4.74 Å². The van der Waals surface area contributed by atoms with Gasteiger partial charge in [0.1, 0.15) is 18.1 Å². The Morgan fingerprint density at radius 1 is 1.18 bits per heavy atom. The van der Waals surface area contributed by atoms with E-state index in [1.54, 1.807) is 25.1 Å². The number of carbonyl (C=O) groups excluding carboxylic acids is 3. The monoisotopic (exact) mass is 452 g/mol. The summed E-state index contributed by atoms with van der Waals surface area (Å²) in [4.78, 5) is 41.6. The summed E-state index contributed by atoms with van der Waals surface area (Å²) in [5.41, 5.74) is 2.04. The maximum atomic E-state index is 13.1. The van der Waals surface area contributed by atoms with Crippen molar-refractivity contribution in [2.75, 3.05) is 26.2 Å². The second-order valence-corrected chi connectivity index (χ2v) is 10.2. The van der Waals surface area contributed by atoms with Crippen molar-refractivity contribution in [1.82, 2.24) is 9.80 Å². The molecule has 1 aromatic carbocycles. The molecule has 6 heteroatoms. The van der Waals surface area contributed by atoms with E-state index in [0.29, 0.717) is 53.7 Å². The Morgan fingerprint density at radius 2 is 1.88 bits per heavy atom. The molecule has 1 saturated carbocycles. The third-order valence-corrected chi connectivity index (χ3v) is 7.68. The highest BCUT2D eigenvalue weighted by Gasteiger charge is 2.51. The van der Waals surface area contributed by atoms with Crippen molar-refractivity contribution in [3.8, 4) is 5.75 Å². The number of rotatable bonds is 11. The largest absolute Gasteiger partial charge is 0.492 e. The van der Waals surface area contributed by atoms with Gasteiger partial charge in [-0.3, -0.25) is 24.2 Å². The molecule has 2 aliphatic heterocycles. The summed E-state index contributed by atoms with van der Waals surface area (Å²) in [6.45, 7) is 13.6. The summed E-state index contributed by atoms with van der Waals surface area (Å²) in [6.07, 6.45) is 5.22. The zero-order chi connectivity index (χ0) is 23.8. The zero-order valence-electron chi connectivity index (χ0n) is 20.2. The van der Waals surface area contributed by atoms with Crippen LogP contribution in [0.2, 0.25) is 0 Å². The number of hydrogen-bond donors (Lipinski definition) is 0. The first-order valence-electron chi connectivity index (χ1n) is 12.3. The molecule has 0 N–H and O–H groups in total. The van der Waals surface area contributed by atoms with Gasteiger partial charge in [-0.05, 0) is 55.7 Å². The summed E-state index contributed by atoms with van der Waals surface area (Å²) < 4.78 is 5.93. The number of likely N-dealkylation sites (tertiary alicyclic amines) is 1. The fourth-order valence-corrected chi connectivity index (χ4v) is 5.75. The van der Waals surface area contributed by atoms with Gasteiger partial charge >= 0.3 is 0 Å². The first kappa shape index (κ1) is 23.7. The van der Waals surface area contributed by atoms with Crippen molar-refractivity contribution in [2.24, 2.45) is 11.3 Å². The van der Waals surface area contributed by atoms with Gasteiger partial charge in [-0.25, -0.2) is 0 Å². The summed E-state index contributed by atoms with van der Waals surface area (Å²) in [7, 11) is 0. The molecule has 1 aromatic rings. The molecule has 1 aliphatic carbocycles. The third-order valence-electron chi connectivity index (χ3n) is 7.68. The molecule has 4 rings (SSSR count). The molecule has 1 atom stereocenters. The van der Waals surface area contributed by atoms with Crippen molar-refractivity contribution in [3.05, 3.63) is 41.5 Å². The maximum absolute atomic E-state index is 13.1. The first-order chi connectivity index (χ1) is 15.8. The Bertz CT molecular complexity index is 955. The second kappa shape index (κ2) is 9.41. The summed E-state index contributed by atoms with van der Waals surface area (Å²) in [6, 6.07) is 4.64. The molecular formula is C27H36N2O4. The predicted molar refractivity (Wildman–Crippen MR) is 127 cm³/mol. The minimum Gasteiger partial charge on any atom is -0.492 e. The number of ether oxygens (including phenoxy) is 1. The van der Waals surface area contributed by atoms with Crippen LogP contribution < -0.4 is 4.74 Å². The average Bonchev–Trinajstić information content (AvgIpc) is 2.98. The fraction of sp³-hybridized carbons (Fsp3) is 0.593. The highest BCUT2D eigenvalue weighted by molar-refractivity contribution is 6.22. The van der Waals surface area contributed by atoms with Crippen molar-refractivity contribution in [3.63, 3.8) is 0 Å². The molecule has 1 saturated heterocycles. The molecule has 2 amide bonds. The number of fused-ring (bicyclic) bond motifs is 1. The van der Waals surface area contributed by atoms with Crippen LogP contribution in [-0.4, -0.2) is 59.7 Å². The lowest BCUT2D eigenvalue weighted by molar-refractivity contribution is -0.119. The Morgan fingerprint density at radius 3 is 2.52 bits per heavy atom. The van der Waals surface area contributed by atoms with E-state index in [0.717, 1.165) is 12.5 Å². The minimum atomic E-state index is -0.477. The number of ketones is 1. The SMILES string of the molecule is C=C(C)C(CCC(=O)CC)N1C(=O)c2ccc(OCCN3CC4(CC(CC)C4)C3)cc2C1=O. The number of hydrogen-bond acceptors (Lipinski definition) is 5. The third kappa shape index (κ3) is 4.63. The molecule has 1 unspecified atom stereocenters. The van der Waals surface area contributed by atoms with E-state index < -0.39 is 6.04 Å². The van der Waals surface area contributed by atoms with Crippen LogP contribution in [-0.2, 0) is 4.79 Å². The molecule has 6 nitrogen and oxygen atoms in total. The summed E-state index contributed by atoms with van der Waals surface area (Å²) in [5.74, 6) is 0.984. The van der Waals surface area contributed by atoms with E-state index in [1.165, 1.54) is 37.3 Å². The molecule has 0 aromatic heterocycles. The van der Waals surface area contributed by atoms with Crippen molar-refractivity contribution < 1.29 is 19.1 Å². The highest BCUT2D eigenvalue weighted by Crippen LogP contribution is 2.52. The van der Waals surface area contributed by atoms with Gasteiger partial charge in [0.25, 0.3) is 11.8 Å². The topological polar surface area (TPSA) is 66.9 Å². The van der Waals surface area contributed by atoms with Gasteiger partial charge in [0.2, 0.25) is 0 Å². The highest BCUT2D eigenvalue weighted by atomic mass is 16.5. The van der Waals surface area contributed by atoms with Crippen LogP contribution in [0.1, 0.15) is 80.0 Å². The van der Waals surface area contributed by atoms with E-state index in [-0.39, 0.29) is 17.6 Å². The van der Waals surface area contributed by atoms with Gasteiger partial charge in [-0.1, -0.05) is 32.4 Å². The van der Waals surface area contributed by atoms with Crippen LogP contribution in [0.4, 0.5) is 0 Å². The molecule has 33 heavy (non-hydrogen) atoms. The Balaban J connectivity index is 1.33. The van der Waals surface area contributed by atoms with Gasteiger partial charge < -0.3 is 4.74 Å². The van der Waals surface area contributed by atoms with Gasteiger partial charge in [-0.15, -0.1) is 0 Å². The van der Waals surface area contributed by atoms with Crippen LogP contribution in [0.5, 0.6) is 5.75 Å². The van der Waals surface area contributed by atoms with Gasteiger partial charge in [0.05, 0.1) is 17.2 Å². The van der Waals surface area contributed by atoms with Crippen LogP contribution in [0, 0.1) is 11.3 Å². The quantitative estimate of drug-likeness (QED) is 0.366. The molecule has 0 bridgehead atoms. The van der Waals surface area contributed by atoms with Crippen molar-refractivity contribution in [1.29, 1.82) is 0 Å². The summed E-state index contributed by atoms with van der Waals surface area (Å²) in [5, 5.41) is 0. The van der Waals surface area contributed by atoms with Crippen molar-refractivity contribution in [2.45, 2.75) is 65.3 Å².